The molecule has 3 N–H and O–H groups in total. The van der Waals surface area contributed by atoms with Crippen molar-refractivity contribution >= 4 is 22.7 Å². The summed E-state index contributed by atoms with van der Waals surface area (Å²) >= 11 is 0. The Kier molecular flexibility index (Phi) is 3.80. The van der Waals surface area contributed by atoms with Crippen LogP contribution in [-0.2, 0) is 0 Å². The van der Waals surface area contributed by atoms with E-state index < -0.39 is 5.91 Å². The Hall–Kier alpha value is -3.15. The van der Waals surface area contributed by atoms with E-state index in [1.54, 1.807) is 24.4 Å². The Bertz CT molecular complexity index is 898. The monoisotopic (exact) mass is 308 g/mol. The van der Waals surface area contributed by atoms with Crippen molar-refractivity contribution in [1.82, 2.24) is 21.0 Å². The van der Waals surface area contributed by atoms with E-state index >= 15 is 0 Å². The van der Waals surface area contributed by atoms with Crippen LogP contribution in [0, 0.1) is 13.8 Å². The van der Waals surface area contributed by atoms with Gasteiger partial charge in [0, 0.05) is 10.9 Å². The number of hydrazine groups is 1. The molecule has 0 aliphatic rings. The number of hydrogen-bond donors (Lipinski definition) is 3. The van der Waals surface area contributed by atoms with Gasteiger partial charge in [-0.3, -0.25) is 25.5 Å². The molecule has 3 rings (SSSR count). The van der Waals surface area contributed by atoms with Gasteiger partial charge in [0.05, 0.1) is 17.3 Å². The van der Waals surface area contributed by atoms with Gasteiger partial charge in [-0.2, -0.15) is 5.10 Å². The molecule has 0 spiro atoms. The average Bonchev–Trinajstić information content (AvgIpc) is 3.00. The minimum absolute atomic E-state index is 0.354. The third-order valence-electron chi connectivity index (χ3n) is 3.64. The molecular formula is C17H16N4O2. The van der Waals surface area contributed by atoms with Crippen molar-refractivity contribution in [2.45, 2.75) is 13.8 Å². The number of nitrogens with one attached hydrogen (secondary N) is 3. The van der Waals surface area contributed by atoms with Gasteiger partial charge in [-0.05, 0) is 31.5 Å². The van der Waals surface area contributed by atoms with Crippen molar-refractivity contribution in [2.24, 2.45) is 0 Å². The number of aryl methyl sites for hydroxylation is 2. The number of benzene rings is 2. The maximum Gasteiger partial charge on any atom is 0.271 e. The summed E-state index contributed by atoms with van der Waals surface area (Å²) in [6.45, 7) is 3.82. The van der Waals surface area contributed by atoms with Crippen molar-refractivity contribution in [3.05, 3.63) is 64.8 Å². The zero-order chi connectivity index (χ0) is 16.4. The molecule has 1 aromatic heterocycles. The lowest BCUT2D eigenvalue weighted by Crippen LogP contribution is -2.42. The van der Waals surface area contributed by atoms with Gasteiger partial charge in [-0.15, -0.1) is 0 Å². The van der Waals surface area contributed by atoms with Gasteiger partial charge >= 0.3 is 0 Å². The number of rotatable bonds is 2. The average molecular weight is 308 g/mol. The molecule has 0 aliphatic heterocycles. The van der Waals surface area contributed by atoms with E-state index in [2.05, 4.69) is 21.0 Å². The number of fused-ring (bicyclic) bond motifs is 1. The predicted molar refractivity (Wildman–Crippen MR) is 86.9 cm³/mol. The normalized spacial score (nSPS) is 10.5. The van der Waals surface area contributed by atoms with E-state index in [-0.39, 0.29) is 5.91 Å². The largest absolute Gasteiger partial charge is 0.277 e. The predicted octanol–water partition coefficient (Wildman–Crippen LogP) is 2.25. The van der Waals surface area contributed by atoms with E-state index in [4.69, 9.17) is 0 Å². The maximum atomic E-state index is 12.3. The first-order chi connectivity index (χ1) is 11.1. The van der Waals surface area contributed by atoms with Crippen molar-refractivity contribution in [2.75, 3.05) is 0 Å². The van der Waals surface area contributed by atoms with Crippen LogP contribution in [-0.4, -0.2) is 22.0 Å². The van der Waals surface area contributed by atoms with E-state index in [0.717, 1.165) is 16.5 Å². The van der Waals surface area contributed by atoms with Gasteiger partial charge in [0.15, 0.2) is 0 Å². The number of carbonyl (C=O) groups is 2. The minimum atomic E-state index is -0.405. The summed E-state index contributed by atoms with van der Waals surface area (Å²) in [7, 11) is 0. The number of aromatic nitrogens is 2. The quantitative estimate of drug-likeness (QED) is 0.635. The number of carbonyl (C=O) groups excluding carboxylic acids is 2. The fraction of sp³-hybridized carbons (Fsp3) is 0.118. The molecule has 0 saturated heterocycles. The first-order valence-electron chi connectivity index (χ1n) is 7.16. The van der Waals surface area contributed by atoms with Crippen molar-refractivity contribution in [3.63, 3.8) is 0 Å². The molecule has 6 nitrogen and oxygen atoms in total. The van der Waals surface area contributed by atoms with Crippen molar-refractivity contribution in [3.8, 4) is 0 Å². The second-order valence-corrected chi connectivity index (χ2v) is 5.37. The fourth-order valence-corrected chi connectivity index (χ4v) is 2.47. The lowest BCUT2D eigenvalue weighted by atomic mass is 10.1. The smallest absolute Gasteiger partial charge is 0.271 e. The molecule has 23 heavy (non-hydrogen) atoms. The highest BCUT2D eigenvalue weighted by molar-refractivity contribution is 6.06. The summed E-state index contributed by atoms with van der Waals surface area (Å²) in [5.41, 5.74) is 8.38. The van der Waals surface area contributed by atoms with Gasteiger partial charge in [0.2, 0.25) is 0 Å². The van der Waals surface area contributed by atoms with E-state index in [1.165, 1.54) is 0 Å². The van der Waals surface area contributed by atoms with Crippen LogP contribution in [0.1, 0.15) is 31.8 Å². The highest BCUT2D eigenvalue weighted by Crippen LogP contribution is 2.15. The molecule has 0 atom stereocenters. The molecule has 0 unspecified atom stereocenters. The zero-order valence-electron chi connectivity index (χ0n) is 12.8. The number of para-hydroxylation sites is 1. The number of aromatic amines is 1. The maximum absolute atomic E-state index is 12.3. The topological polar surface area (TPSA) is 86.9 Å². The molecule has 116 valence electrons. The number of nitrogens with zero attached hydrogens (tertiary/aromatic N) is 1. The van der Waals surface area contributed by atoms with Crippen molar-refractivity contribution in [1.29, 1.82) is 0 Å². The fourth-order valence-electron chi connectivity index (χ4n) is 2.47. The van der Waals surface area contributed by atoms with Gasteiger partial charge in [0.25, 0.3) is 11.8 Å². The Morgan fingerprint density at radius 2 is 1.74 bits per heavy atom. The molecule has 6 heteroatoms. The van der Waals surface area contributed by atoms with Gasteiger partial charge in [-0.25, -0.2) is 0 Å². The third-order valence-corrected chi connectivity index (χ3v) is 3.64. The molecule has 2 aromatic carbocycles. The molecular weight excluding hydrogens is 292 g/mol. The first-order valence-corrected chi connectivity index (χ1v) is 7.16. The summed E-state index contributed by atoms with van der Waals surface area (Å²) in [6.07, 6.45) is 1.64. The molecule has 0 radical (unpaired) electrons. The lowest BCUT2D eigenvalue weighted by molar-refractivity contribution is 0.0847. The standard InChI is InChI=1S/C17H16N4O2/c1-10-6-7-13(11(2)8-10)16(22)20-21-17(23)14-5-3-4-12-9-18-19-15(12)14/h3-9H,1-2H3,(H,18,19)(H,20,22)(H,21,23). The first kappa shape index (κ1) is 14.8. The van der Waals surface area contributed by atoms with Crippen LogP contribution < -0.4 is 10.9 Å². The Morgan fingerprint density at radius 3 is 2.48 bits per heavy atom. The molecule has 1 heterocycles. The van der Waals surface area contributed by atoms with Crippen LogP contribution in [0.3, 0.4) is 0 Å². The van der Waals surface area contributed by atoms with E-state index in [9.17, 15) is 9.59 Å². The molecule has 0 fully saturated rings. The van der Waals surface area contributed by atoms with Crippen LogP contribution in [0.4, 0.5) is 0 Å². The van der Waals surface area contributed by atoms with Crippen LogP contribution in [0.2, 0.25) is 0 Å². The Balaban J connectivity index is 1.74. The summed E-state index contributed by atoms with van der Waals surface area (Å²) in [4.78, 5) is 24.4. The minimum Gasteiger partial charge on any atom is -0.277 e. The SMILES string of the molecule is Cc1ccc(C(=O)NNC(=O)c2cccc3cn[nH]c23)c(C)c1. The van der Waals surface area contributed by atoms with E-state index in [0.29, 0.717) is 16.6 Å². The molecule has 0 saturated carbocycles. The van der Waals surface area contributed by atoms with E-state index in [1.807, 2.05) is 32.0 Å². The van der Waals surface area contributed by atoms with Gasteiger partial charge < -0.3 is 0 Å². The third kappa shape index (κ3) is 2.91. The highest BCUT2D eigenvalue weighted by atomic mass is 16.2. The van der Waals surface area contributed by atoms with Gasteiger partial charge in [-0.1, -0.05) is 29.8 Å². The van der Waals surface area contributed by atoms with Crippen LogP contribution in [0.15, 0.2) is 42.6 Å². The lowest BCUT2D eigenvalue weighted by Gasteiger charge is -2.10. The highest BCUT2D eigenvalue weighted by Gasteiger charge is 2.13. The molecule has 2 amide bonds. The summed E-state index contributed by atoms with van der Waals surface area (Å²) in [5.74, 6) is -0.759. The molecule has 0 aliphatic carbocycles. The van der Waals surface area contributed by atoms with Crippen LogP contribution >= 0.6 is 0 Å². The zero-order valence-corrected chi connectivity index (χ0v) is 12.8. The molecule has 3 aromatic rings. The second kappa shape index (κ2) is 5.92. The second-order valence-electron chi connectivity index (χ2n) is 5.37. The Labute approximate surface area is 132 Å². The number of hydrogen-bond acceptors (Lipinski definition) is 3. The summed E-state index contributed by atoms with van der Waals surface area (Å²) in [6, 6.07) is 10.8. The summed E-state index contributed by atoms with van der Waals surface area (Å²) < 4.78 is 0. The molecule has 0 bridgehead atoms. The van der Waals surface area contributed by atoms with Crippen molar-refractivity contribution < 1.29 is 9.59 Å². The number of amides is 2. The van der Waals surface area contributed by atoms with Gasteiger partial charge in [0.1, 0.15) is 0 Å². The van der Waals surface area contributed by atoms with Crippen LogP contribution in [0.25, 0.3) is 10.9 Å². The Morgan fingerprint density at radius 1 is 1.00 bits per heavy atom. The van der Waals surface area contributed by atoms with Crippen LogP contribution in [0.5, 0.6) is 0 Å². The summed E-state index contributed by atoms with van der Waals surface area (Å²) in [5, 5.41) is 7.53. The number of H-pyrrole nitrogens is 1.